The molecular weight excluding hydrogens is 290 g/mol. The predicted molar refractivity (Wildman–Crippen MR) is 77.0 cm³/mol. The van der Waals surface area contributed by atoms with Crippen molar-refractivity contribution >= 4 is 35.0 Å². The van der Waals surface area contributed by atoms with E-state index in [2.05, 4.69) is 22.1 Å². The number of anilines is 1. The third kappa shape index (κ3) is 4.43. The van der Waals surface area contributed by atoms with Crippen molar-refractivity contribution in [3.63, 3.8) is 0 Å². The van der Waals surface area contributed by atoms with Crippen LogP contribution in [0.3, 0.4) is 0 Å². The molecule has 19 heavy (non-hydrogen) atoms. The average molecular weight is 306 g/mol. The number of methoxy groups -OCH3 is 1. The number of nitrogens with one attached hydrogen (secondary N) is 1. The third-order valence-electron chi connectivity index (χ3n) is 2.47. The highest BCUT2D eigenvalue weighted by Gasteiger charge is 2.12. The summed E-state index contributed by atoms with van der Waals surface area (Å²) in [4.78, 5) is 23.0. The quantitative estimate of drug-likeness (QED) is 0.797. The highest BCUT2D eigenvalue weighted by Crippen LogP contribution is 2.16. The van der Waals surface area contributed by atoms with Crippen LogP contribution in [0.25, 0.3) is 0 Å². The van der Waals surface area contributed by atoms with Gasteiger partial charge in [-0.2, -0.15) is 16.9 Å². The van der Waals surface area contributed by atoms with Crippen molar-refractivity contribution in [1.29, 1.82) is 0 Å². The summed E-state index contributed by atoms with van der Waals surface area (Å²) in [5.74, 6) is -0.553. The van der Waals surface area contributed by atoms with Crippen LogP contribution in [0.15, 0.2) is 11.0 Å². The van der Waals surface area contributed by atoms with Crippen LogP contribution >= 0.6 is 23.4 Å². The first kappa shape index (κ1) is 15.8. The summed E-state index contributed by atoms with van der Waals surface area (Å²) in [6, 6.07) is 0. The maximum Gasteiger partial charge on any atom is 0.327 e. The van der Waals surface area contributed by atoms with Gasteiger partial charge < -0.3 is 10.1 Å². The second kappa shape index (κ2) is 7.40. The molecule has 0 spiro atoms. The molecule has 0 saturated heterocycles. The van der Waals surface area contributed by atoms with E-state index in [9.17, 15) is 9.59 Å². The predicted octanol–water partition coefficient (Wildman–Crippen LogP) is 1.23. The molecule has 0 aliphatic rings. The van der Waals surface area contributed by atoms with Gasteiger partial charge in [-0.25, -0.2) is 4.68 Å². The first-order valence-electron chi connectivity index (χ1n) is 5.58. The fraction of sp³-hybridized carbons (Fsp3) is 0.545. The zero-order chi connectivity index (χ0) is 14.4. The number of aromatic nitrogens is 2. The molecule has 0 fully saturated rings. The molecule has 0 aliphatic carbocycles. The molecular formula is C11H16ClN3O3S. The lowest BCUT2D eigenvalue weighted by Crippen LogP contribution is -2.28. The second-order valence-corrected chi connectivity index (χ2v) is 5.49. The number of esters is 1. The second-order valence-electron chi connectivity index (χ2n) is 3.84. The van der Waals surface area contributed by atoms with Gasteiger partial charge in [0.2, 0.25) is 0 Å². The number of carbonyl (C=O) groups excluding carboxylic acids is 1. The number of ether oxygens (including phenoxy) is 1. The van der Waals surface area contributed by atoms with Gasteiger partial charge in [0.25, 0.3) is 5.56 Å². The van der Waals surface area contributed by atoms with Gasteiger partial charge in [0.15, 0.2) is 0 Å². The normalized spacial score (nSPS) is 12.0. The molecule has 1 aromatic heterocycles. The molecule has 6 nitrogen and oxygen atoms in total. The molecule has 1 heterocycles. The number of rotatable bonds is 6. The van der Waals surface area contributed by atoms with E-state index < -0.39 is 11.5 Å². The molecule has 1 N–H and O–H groups in total. The lowest BCUT2D eigenvalue weighted by Gasteiger charge is -2.12. The standard InChI is InChI=1S/C11H16ClN3O3S/c1-7(19-3)4-13-8-5-14-15(6-9(16)18-2)11(17)10(8)12/h5,7,13H,4,6H2,1-3H3. The fourth-order valence-corrected chi connectivity index (χ4v) is 1.69. The van der Waals surface area contributed by atoms with Crippen molar-refractivity contribution in [1.82, 2.24) is 9.78 Å². The lowest BCUT2D eigenvalue weighted by atomic mass is 10.4. The maximum absolute atomic E-state index is 11.9. The number of nitrogens with zero attached hydrogens (tertiary/aromatic N) is 2. The molecule has 0 amide bonds. The number of carbonyl (C=O) groups is 1. The molecule has 8 heteroatoms. The van der Waals surface area contributed by atoms with Crippen molar-refractivity contribution in [3.05, 3.63) is 21.6 Å². The zero-order valence-corrected chi connectivity index (χ0v) is 12.5. The van der Waals surface area contributed by atoms with Gasteiger partial charge in [-0.15, -0.1) is 0 Å². The molecule has 106 valence electrons. The highest BCUT2D eigenvalue weighted by atomic mass is 35.5. The van der Waals surface area contributed by atoms with Crippen molar-refractivity contribution in [2.45, 2.75) is 18.7 Å². The highest BCUT2D eigenvalue weighted by molar-refractivity contribution is 7.99. The Morgan fingerprint density at radius 3 is 2.95 bits per heavy atom. The zero-order valence-electron chi connectivity index (χ0n) is 11.0. The van der Waals surface area contributed by atoms with E-state index in [0.29, 0.717) is 17.5 Å². The summed E-state index contributed by atoms with van der Waals surface area (Å²) in [7, 11) is 1.24. The van der Waals surface area contributed by atoms with E-state index in [0.717, 1.165) is 4.68 Å². The fourth-order valence-electron chi connectivity index (χ4n) is 1.22. The minimum Gasteiger partial charge on any atom is -0.468 e. The van der Waals surface area contributed by atoms with E-state index in [4.69, 9.17) is 11.6 Å². The van der Waals surface area contributed by atoms with Crippen LogP contribution in [0.4, 0.5) is 5.69 Å². The number of halogens is 1. The number of hydrogen-bond donors (Lipinski definition) is 1. The van der Waals surface area contributed by atoms with Crippen molar-refractivity contribution in [3.8, 4) is 0 Å². The molecule has 0 bridgehead atoms. The van der Waals surface area contributed by atoms with Gasteiger partial charge in [-0.05, 0) is 6.26 Å². The van der Waals surface area contributed by atoms with Gasteiger partial charge >= 0.3 is 5.97 Å². The Kier molecular flexibility index (Phi) is 6.17. The molecule has 1 aromatic rings. The van der Waals surface area contributed by atoms with Crippen molar-refractivity contribution in [2.75, 3.05) is 25.2 Å². The Labute approximate surface area is 120 Å². The van der Waals surface area contributed by atoms with Crippen molar-refractivity contribution < 1.29 is 9.53 Å². The van der Waals surface area contributed by atoms with E-state index in [1.54, 1.807) is 11.8 Å². The van der Waals surface area contributed by atoms with Crippen LogP contribution < -0.4 is 10.9 Å². The van der Waals surface area contributed by atoms with Gasteiger partial charge in [0.05, 0.1) is 19.0 Å². The summed E-state index contributed by atoms with van der Waals surface area (Å²) in [5.41, 5.74) is -0.0532. The van der Waals surface area contributed by atoms with E-state index in [1.165, 1.54) is 13.3 Å². The first-order chi connectivity index (χ1) is 8.99. The molecule has 0 aliphatic heterocycles. The van der Waals surface area contributed by atoms with Crippen LogP contribution in [0.2, 0.25) is 5.02 Å². The Morgan fingerprint density at radius 2 is 2.37 bits per heavy atom. The van der Waals surface area contributed by atoms with Crippen LogP contribution in [0.1, 0.15) is 6.92 Å². The average Bonchev–Trinajstić information content (AvgIpc) is 2.42. The van der Waals surface area contributed by atoms with Crippen LogP contribution in [0.5, 0.6) is 0 Å². The van der Waals surface area contributed by atoms with E-state index in [-0.39, 0.29) is 11.6 Å². The summed E-state index contributed by atoms with van der Waals surface area (Å²) < 4.78 is 5.44. The SMILES string of the molecule is COC(=O)Cn1ncc(NCC(C)SC)c(Cl)c1=O. The summed E-state index contributed by atoms with van der Waals surface area (Å²) >= 11 is 7.66. The van der Waals surface area contributed by atoms with E-state index in [1.807, 2.05) is 6.26 Å². The number of hydrogen-bond acceptors (Lipinski definition) is 6. The molecule has 0 saturated carbocycles. The molecule has 1 rings (SSSR count). The summed E-state index contributed by atoms with van der Waals surface area (Å²) in [6.07, 6.45) is 3.43. The van der Waals surface area contributed by atoms with Gasteiger partial charge in [0, 0.05) is 11.8 Å². The van der Waals surface area contributed by atoms with Crippen molar-refractivity contribution in [2.24, 2.45) is 0 Å². The first-order valence-corrected chi connectivity index (χ1v) is 7.25. The molecule has 1 unspecified atom stereocenters. The van der Waals surface area contributed by atoms with Gasteiger partial charge in [-0.3, -0.25) is 9.59 Å². The minimum atomic E-state index is -0.553. The van der Waals surface area contributed by atoms with E-state index >= 15 is 0 Å². The summed E-state index contributed by atoms with van der Waals surface area (Å²) in [5, 5.41) is 7.34. The van der Waals surface area contributed by atoms with Crippen LogP contribution in [-0.4, -0.2) is 40.9 Å². The van der Waals surface area contributed by atoms with Gasteiger partial charge in [0.1, 0.15) is 11.6 Å². The number of thioether (sulfide) groups is 1. The van der Waals surface area contributed by atoms with Crippen LogP contribution in [0, 0.1) is 0 Å². The Bertz CT molecular complexity index is 506. The third-order valence-corrected chi connectivity index (χ3v) is 3.81. The maximum atomic E-state index is 11.9. The Balaban J connectivity index is 2.85. The molecule has 1 atom stereocenters. The largest absolute Gasteiger partial charge is 0.468 e. The minimum absolute atomic E-state index is 0.0206. The summed E-state index contributed by atoms with van der Waals surface area (Å²) in [6.45, 7) is 2.47. The van der Waals surface area contributed by atoms with Gasteiger partial charge in [-0.1, -0.05) is 18.5 Å². The van der Waals surface area contributed by atoms with Crippen LogP contribution in [-0.2, 0) is 16.1 Å². The molecule has 0 radical (unpaired) electrons. The Hall–Kier alpha value is -1.21. The molecule has 0 aromatic carbocycles. The Morgan fingerprint density at radius 1 is 1.68 bits per heavy atom. The lowest BCUT2D eigenvalue weighted by molar-refractivity contribution is -0.141. The monoisotopic (exact) mass is 305 g/mol. The smallest absolute Gasteiger partial charge is 0.327 e. The topological polar surface area (TPSA) is 73.2 Å².